The summed E-state index contributed by atoms with van der Waals surface area (Å²) in [7, 11) is 0. The summed E-state index contributed by atoms with van der Waals surface area (Å²) in [6.45, 7) is 4.30. The number of thiazole rings is 1. The Morgan fingerprint density at radius 3 is 2.85 bits per heavy atom. The van der Waals surface area contributed by atoms with E-state index < -0.39 is 0 Å². The zero-order valence-corrected chi connectivity index (χ0v) is 19.0. The molecule has 0 fully saturated rings. The van der Waals surface area contributed by atoms with Crippen LogP contribution in [0.5, 0.6) is 5.75 Å². The van der Waals surface area contributed by atoms with E-state index in [1.165, 1.54) is 6.92 Å². The van der Waals surface area contributed by atoms with Crippen molar-refractivity contribution in [2.24, 2.45) is 0 Å². The Morgan fingerprint density at radius 1 is 1.24 bits per heavy atom. The van der Waals surface area contributed by atoms with Crippen LogP contribution in [0.25, 0.3) is 38.0 Å². The van der Waals surface area contributed by atoms with E-state index in [-0.39, 0.29) is 5.91 Å². The van der Waals surface area contributed by atoms with Crippen LogP contribution in [0.3, 0.4) is 0 Å². The van der Waals surface area contributed by atoms with Crippen LogP contribution in [-0.2, 0) is 4.79 Å². The van der Waals surface area contributed by atoms with Gasteiger partial charge in [0.25, 0.3) is 0 Å². The van der Waals surface area contributed by atoms with E-state index in [0.717, 1.165) is 43.7 Å². The largest absolute Gasteiger partial charge is 0.492 e. The SMILES string of the molecule is CC(=O)NCCOc1ccn2nc(C)c(-c3nc(-c4ccccc4)c(-c4ncc[nH]4)s3)c2c1. The first kappa shape index (κ1) is 20.9. The summed E-state index contributed by atoms with van der Waals surface area (Å²) >= 11 is 1.58. The number of aryl methyl sites for hydroxylation is 1. The van der Waals surface area contributed by atoms with E-state index in [2.05, 4.69) is 32.5 Å². The number of H-pyrrole nitrogens is 1. The van der Waals surface area contributed by atoms with E-state index in [9.17, 15) is 4.79 Å². The highest BCUT2D eigenvalue weighted by Gasteiger charge is 2.22. The molecular weight excluding hydrogens is 436 g/mol. The lowest BCUT2D eigenvalue weighted by Gasteiger charge is -2.07. The lowest BCUT2D eigenvalue weighted by atomic mass is 10.1. The van der Waals surface area contributed by atoms with E-state index in [0.29, 0.717) is 18.9 Å². The molecular formula is C24H22N6O2S. The molecule has 166 valence electrons. The predicted molar refractivity (Wildman–Crippen MR) is 128 cm³/mol. The number of aromatic amines is 1. The molecule has 5 rings (SSSR count). The molecule has 33 heavy (non-hydrogen) atoms. The topological polar surface area (TPSA) is 97.2 Å². The highest BCUT2D eigenvalue weighted by Crippen LogP contribution is 2.41. The molecule has 0 radical (unpaired) electrons. The number of ether oxygens (including phenoxy) is 1. The molecule has 0 aliphatic rings. The molecule has 5 aromatic rings. The number of imidazole rings is 1. The first-order valence-electron chi connectivity index (χ1n) is 10.5. The molecule has 0 saturated heterocycles. The smallest absolute Gasteiger partial charge is 0.216 e. The summed E-state index contributed by atoms with van der Waals surface area (Å²) in [5.74, 6) is 1.42. The fourth-order valence-electron chi connectivity index (χ4n) is 3.66. The number of pyridine rings is 1. The second-order valence-electron chi connectivity index (χ2n) is 7.48. The maximum Gasteiger partial charge on any atom is 0.216 e. The van der Waals surface area contributed by atoms with Gasteiger partial charge in [0.05, 0.1) is 33.9 Å². The molecule has 8 nitrogen and oxygen atoms in total. The van der Waals surface area contributed by atoms with Gasteiger partial charge in [0, 0.05) is 37.1 Å². The summed E-state index contributed by atoms with van der Waals surface area (Å²) < 4.78 is 7.67. The number of carbonyl (C=O) groups excluding carboxylic acids is 1. The minimum absolute atomic E-state index is 0.0758. The van der Waals surface area contributed by atoms with Gasteiger partial charge in [-0.25, -0.2) is 14.5 Å². The number of hydrogen-bond acceptors (Lipinski definition) is 6. The van der Waals surface area contributed by atoms with Crippen molar-refractivity contribution in [2.45, 2.75) is 13.8 Å². The van der Waals surface area contributed by atoms with Crippen molar-refractivity contribution < 1.29 is 9.53 Å². The van der Waals surface area contributed by atoms with Gasteiger partial charge in [0.15, 0.2) is 0 Å². The predicted octanol–water partition coefficient (Wildman–Crippen LogP) is 4.34. The zero-order chi connectivity index (χ0) is 22.8. The van der Waals surface area contributed by atoms with E-state index in [4.69, 9.17) is 9.72 Å². The number of benzene rings is 1. The van der Waals surface area contributed by atoms with Crippen molar-refractivity contribution in [3.05, 3.63) is 66.7 Å². The molecule has 0 aliphatic carbocycles. The number of rotatable bonds is 7. The second-order valence-corrected chi connectivity index (χ2v) is 8.48. The summed E-state index contributed by atoms with van der Waals surface area (Å²) in [6.07, 6.45) is 5.43. The first-order valence-corrected chi connectivity index (χ1v) is 11.3. The number of amides is 1. The second kappa shape index (κ2) is 8.87. The molecule has 0 aliphatic heterocycles. The van der Waals surface area contributed by atoms with Crippen molar-refractivity contribution in [1.29, 1.82) is 0 Å². The maximum atomic E-state index is 11.1. The van der Waals surface area contributed by atoms with Gasteiger partial charge in [-0.15, -0.1) is 11.3 Å². The number of nitrogens with zero attached hydrogens (tertiary/aromatic N) is 4. The lowest BCUT2D eigenvalue weighted by Crippen LogP contribution is -2.25. The molecule has 1 amide bonds. The van der Waals surface area contributed by atoms with Crippen molar-refractivity contribution in [2.75, 3.05) is 13.2 Å². The van der Waals surface area contributed by atoms with Crippen LogP contribution in [0.2, 0.25) is 0 Å². The van der Waals surface area contributed by atoms with E-state index in [1.807, 2.05) is 54.2 Å². The third-order valence-corrected chi connectivity index (χ3v) is 6.21. The summed E-state index contributed by atoms with van der Waals surface area (Å²) in [4.78, 5) is 24.7. The van der Waals surface area contributed by atoms with Crippen molar-refractivity contribution in [3.8, 4) is 38.3 Å². The van der Waals surface area contributed by atoms with Gasteiger partial charge in [-0.2, -0.15) is 5.10 Å². The molecule has 1 aromatic carbocycles. The first-order chi connectivity index (χ1) is 16.1. The van der Waals surface area contributed by atoms with Crippen LogP contribution in [0.4, 0.5) is 0 Å². The van der Waals surface area contributed by atoms with Crippen molar-refractivity contribution in [1.82, 2.24) is 29.9 Å². The standard InChI is InChI=1S/C24H22N6O2S/c1-15-20(19-14-18(8-12-30(19)29-15)32-13-11-25-16(2)31)24-28-21(17-6-4-3-5-7-17)22(33-24)23-26-9-10-27-23/h3-10,12,14H,11,13H2,1-2H3,(H,25,31)(H,26,27). The molecule has 0 saturated carbocycles. The van der Waals surface area contributed by atoms with Gasteiger partial charge in [-0.1, -0.05) is 30.3 Å². The Balaban J connectivity index is 1.56. The highest BCUT2D eigenvalue weighted by molar-refractivity contribution is 7.19. The maximum absolute atomic E-state index is 11.1. The van der Waals surface area contributed by atoms with Gasteiger partial charge in [-0.05, 0) is 13.0 Å². The van der Waals surface area contributed by atoms with Crippen molar-refractivity contribution >= 4 is 22.8 Å². The molecule has 0 atom stereocenters. The Labute approximate surface area is 194 Å². The fourth-order valence-corrected chi connectivity index (χ4v) is 4.82. The zero-order valence-electron chi connectivity index (χ0n) is 18.2. The number of carbonyl (C=O) groups is 1. The van der Waals surface area contributed by atoms with Gasteiger partial charge in [0.1, 0.15) is 23.2 Å². The van der Waals surface area contributed by atoms with Gasteiger partial charge >= 0.3 is 0 Å². The Kier molecular flexibility index (Phi) is 5.62. The highest BCUT2D eigenvalue weighted by atomic mass is 32.1. The van der Waals surface area contributed by atoms with E-state index in [1.54, 1.807) is 17.5 Å². The third kappa shape index (κ3) is 4.22. The molecule has 4 heterocycles. The Bertz CT molecular complexity index is 1410. The summed E-state index contributed by atoms with van der Waals surface area (Å²) in [5.41, 5.74) is 4.66. The molecule has 9 heteroatoms. The van der Waals surface area contributed by atoms with Crippen LogP contribution in [0.15, 0.2) is 61.1 Å². The fraction of sp³-hybridized carbons (Fsp3) is 0.167. The van der Waals surface area contributed by atoms with Crippen LogP contribution in [-0.4, -0.2) is 43.6 Å². The molecule has 0 bridgehead atoms. The lowest BCUT2D eigenvalue weighted by molar-refractivity contribution is -0.119. The average molecular weight is 459 g/mol. The number of hydrogen-bond donors (Lipinski definition) is 2. The minimum Gasteiger partial charge on any atom is -0.492 e. The van der Waals surface area contributed by atoms with Crippen LogP contribution >= 0.6 is 11.3 Å². The quantitative estimate of drug-likeness (QED) is 0.354. The Hall–Kier alpha value is -3.98. The molecule has 0 spiro atoms. The van der Waals surface area contributed by atoms with Crippen LogP contribution < -0.4 is 10.1 Å². The number of aromatic nitrogens is 5. The normalized spacial score (nSPS) is 11.1. The Morgan fingerprint density at radius 2 is 2.09 bits per heavy atom. The summed E-state index contributed by atoms with van der Waals surface area (Å²) in [5, 5.41) is 8.27. The minimum atomic E-state index is -0.0758. The van der Waals surface area contributed by atoms with Crippen LogP contribution in [0.1, 0.15) is 12.6 Å². The molecule has 4 aromatic heterocycles. The molecule has 0 unspecified atom stereocenters. The van der Waals surface area contributed by atoms with Gasteiger partial charge in [0.2, 0.25) is 5.91 Å². The average Bonchev–Trinajstić information content (AvgIpc) is 3.55. The van der Waals surface area contributed by atoms with Gasteiger partial charge < -0.3 is 15.0 Å². The summed E-state index contributed by atoms with van der Waals surface area (Å²) in [6, 6.07) is 13.9. The molecule has 2 N–H and O–H groups in total. The van der Waals surface area contributed by atoms with Crippen LogP contribution in [0, 0.1) is 6.92 Å². The number of nitrogens with one attached hydrogen (secondary N) is 2. The van der Waals surface area contributed by atoms with Crippen molar-refractivity contribution in [3.63, 3.8) is 0 Å². The third-order valence-electron chi connectivity index (χ3n) is 5.13. The monoisotopic (exact) mass is 458 g/mol. The number of fused-ring (bicyclic) bond motifs is 1. The van der Waals surface area contributed by atoms with E-state index >= 15 is 0 Å². The van der Waals surface area contributed by atoms with Gasteiger partial charge in [-0.3, -0.25) is 4.79 Å².